The van der Waals surface area contributed by atoms with Crippen LogP contribution in [0, 0.1) is 0 Å². The van der Waals surface area contributed by atoms with Crippen molar-refractivity contribution >= 4 is 17.5 Å². The molecule has 3 nitrogen and oxygen atoms in total. The predicted octanol–water partition coefficient (Wildman–Crippen LogP) is 5.29. The quantitative estimate of drug-likeness (QED) is 0.394. The van der Waals surface area contributed by atoms with Gasteiger partial charge in [0.1, 0.15) is 0 Å². The Morgan fingerprint density at radius 3 is 2.11 bits per heavy atom. The number of methoxy groups -OCH3 is 2. The van der Waals surface area contributed by atoms with Crippen LogP contribution in [0.3, 0.4) is 0 Å². The molecule has 0 fully saturated rings. The SMILES string of the molecule is COc1ccc(SC(Cc2ccccc2)C(=O)c2ccccc2)cc1OC. The summed E-state index contributed by atoms with van der Waals surface area (Å²) in [6, 6.07) is 25.3. The summed E-state index contributed by atoms with van der Waals surface area (Å²) in [5.41, 5.74) is 1.87. The molecule has 0 aliphatic heterocycles. The maximum Gasteiger partial charge on any atom is 0.176 e. The molecular formula is C23H22O3S. The van der Waals surface area contributed by atoms with Crippen LogP contribution in [0.5, 0.6) is 11.5 Å². The Balaban J connectivity index is 1.88. The topological polar surface area (TPSA) is 35.5 Å². The lowest BCUT2D eigenvalue weighted by atomic mass is 10.0. The van der Waals surface area contributed by atoms with E-state index in [1.165, 1.54) is 0 Å². The molecule has 0 heterocycles. The molecule has 1 unspecified atom stereocenters. The van der Waals surface area contributed by atoms with Gasteiger partial charge in [-0.1, -0.05) is 60.7 Å². The van der Waals surface area contributed by atoms with E-state index >= 15 is 0 Å². The number of Topliss-reactive ketones (excluding diaryl/α,β-unsaturated/α-hetero) is 1. The van der Waals surface area contributed by atoms with Crippen molar-refractivity contribution in [2.75, 3.05) is 14.2 Å². The number of hydrogen-bond acceptors (Lipinski definition) is 4. The van der Waals surface area contributed by atoms with Gasteiger partial charge < -0.3 is 9.47 Å². The number of thioether (sulfide) groups is 1. The monoisotopic (exact) mass is 378 g/mol. The van der Waals surface area contributed by atoms with Crippen LogP contribution in [0.2, 0.25) is 0 Å². The smallest absolute Gasteiger partial charge is 0.176 e. The molecule has 0 saturated carbocycles. The van der Waals surface area contributed by atoms with E-state index in [2.05, 4.69) is 12.1 Å². The molecule has 0 saturated heterocycles. The Morgan fingerprint density at radius 1 is 0.852 bits per heavy atom. The molecule has 0 aliphatic carbocycles. The summed E-state index contributed by atoms with van der Waals surface area (Å²) in [4.78, 5) is 14.1. The molecule has 3 rings (SSSR count). The first kappa shape index (κ1) is 19.1. The van der Waals surface area contributed by atoms with E-state index in [-0.39, 0.29) is 11.0 Å². The van der Waals surface area contributed by atoms with Crippen molar-refractivity contribution in [1.29, 1.82) is 0 Å². The number of ketones is 1. The molecule has 27 heavy (non-hydrogen) atoms. The largest absolute Gasteiger partial charge is 0.493 e. The van der Waals surface area contributed by atoms with Gasteiger partial charge in [-0.25, -0.2) is 0 Å². The summed E-state index contributed by atoms with van der Waals surface area (Å²) in [5.74, 6) is 1.46. The van der Waals surface area contributed by atoms with Gasteiger partial charge in [0.25, 0.3) is 0 Å². The van der Waals surface area contributed by atoms with Crippen molar-refractivity contribution in [2.24, 2.45) is 0 Å². The molecular weight excluding hydrogens is 356 g/mol. The minimum atomic E-state index is -0.229. The highest BCUT2D eigenvalue weighted by molar-refractivity contribution is 8.00. The van der Waals surface area contributed by atoms with E-state index in [1.54, 1.807) is 26.0 Å². The van der Waals surface area contributed by atoms with Gasteiger partial charge in [-0.15, -0.1) is 11.8 Å². The number of rotatable bonds is 8. The van der Waals surface area contributed by atoms with Crippen molar-refractivity contribution in [3.05, 3.63) is 90.0 Å². The molecule has 3 aromatic carbocycles. The normalized spacial score (nSPS) is 11.6. The van der Waals surface area contributed by atoms with Crippen LogP contribution in [0.4, 0.5) is 0 Å². The van der Waals surface area contributed by atoms with Crippen LogP contribution in [0.15, 0.2) is 83.8 Å². The Morgan fingerprint density at radius 2 is 1.48 bits per heavy atom. The van der Waals surface area contributed by atoms with Gasteiger partial charge in [-0.3, -0.25) is 4.79 Å². The summed E-state index contributed by atoms with van der Waals surface area (Å²) in [6.45, 7) is 0. The van der Waals surface area contributed by atoms with E-state index < -0.39 is 0 Å². The van der Waals surface area contributed by atoms with E-state index in [1.807, 2.05) is 66.7 Å². The molecule has 0 radical (unpaired) electrons. The molecule has 138 valence electrons. The highest BCUT2D eigenvalue weighted by atomic mass is 32.2. The molecule has 0 N–H and O–H groups in total. The number of carbonyl (C=O) groups is 1. The Kier molecular flexibility index (Phi) is 6.55. The molecule has 0 amide bonds. The van der Waals surface area contributed by atoms with Gasteiger partial charge in [0.2, 0.25) is 0 Å². The van der Waals surface area contributed by atoms with Crippen LogP contribution < -0.4 is 9.47 Å². The summed E-state index contributed by atoms with van der Waals surface area (Å²) in [7, 11) is 3.23. The van der Waals surface area contributed by atoms with Crippen molar-refractivity contribution < 1.29 is 14.3 Å². The average Bonchev–Trinajstić information content (AvgIpc) is 2.74. The maximum atomic E-state index is 13.2. The van der Waals surface area contributed by atoms with Crippen molar-refractivity contribution in [1.82, 2.24) is 0 Å². The molecule has 0 aromatic heterocycles. The maximum absolute atomic E-state index is 13.2. The number of benzene rings is 3. The third-order valence-electron chi connectivity index (χ3n) is 4.25. The van der Waals surface area contributed by atoms with E-state index in [9.17, 15) is 4.79 Å². The van der Waals surface area contributed by atoms with Crippen molar-refractivity contribution in [3.8, 4) is 11.5 Å². The first-order valence-corrected chi connectivity index (χ1v) is 9.61. The van der Waals surface area contributed by atoms with Crippen LogP contribution >= 0.6 is 11.8 Å². The Labute approximate surface area is 164 Å². The van der Waals surface area contributed by atoms with Gasteiger partial charge in [-0.2, -0.15) is 0 Å². The van der Waals surface area contributed by atoms with Gasteiger partial charge in [0.05, 0.1) is 19.5 Å². The summed E-state index contributed by atoms with van der Waals surface area (Å²) in [6.07, 6.45) is 0.660. The lowest BCUT2D eigenvalue weighted by Crippen LogP contribution is -2.20. The van der Waals surface area contributed by atoms with Gasteiger partial charge >= 0.3 is 0 Å². The zero-order valence-corrected chi connectivity index (χ0v) is 16.2. The van der Waals surface area contributed by atoms with Crippen molar-refractivity contribution in [2.45, 2.75) is 16.6 Å². The molecule has 1 atom stereocenters. The third kappa shape index (κ3) is 4.92. The van der Waals surface area contributed by atoms with Crippen LogP contribution in [-0.4, -0.2) is 25.3 Å². The first-order valence-electron chi connectivity index (χ1n) is 8.73. The Bertz CT molecular complexity index is 879. The number of ether oxygens (including phenoxy) is 2. The summed E-state index contributed by atoms with van der Waals surface area (Å²) in [5, 5.41) is -0.229. The van der Waals surface area contributed by atoms with Gasteiger partial charge in [0.15, 0.2) is 17.3 Å². The standard InChI is InChI=1S/C23H22O3S/c1-25-20-14-13-19(16-21(20)26-2)27-22(15-17-9-5-3-6-10-17)23(24)18-11-7-4-8-12-18/h3-14,16,22H,15H2,1-2H3. The van der Waals surface area contributed by atoms with E-state index in [4.69, 9.17) is 9.47 Å². The van der Waals surface area contributed by atoms with E-state index in [0.717, 1.165) is 16.0 Å². The van der Waals surface area contributed by atoms with Crippen LogP contribution in [0.25, 0.3) is 0 Å². The first-order chi connectivity index (χ1) is 13.2. The number of carbonyl (C=O) groups excluding carboxylic acids is 1. The minimum Gasteiger partial charge on any atom is -0.493 e. The third-order valence-corrected chi connectivity index (χ3v) is 5.44. The molecule has 0 spiro atoms. The number of hydrogen-bond donors (Lipinski definition) is 0. The minimum absolute atomic E-state index is 0.124. The molecule has 4 heteroatoms. The van der Waals surface area contributed by atoms with Crippen LogP contribution in [0.1, 0.15) is 15.9 Å². The molecule has 0 aliphatic rings. The zero-order chi connectivity index (χ0) is 19.1. The highest BCUT2D eigenvalue weighted by Crippen LogP contribution is 2.35. The van der Waals surface area contributed by atoms with Gasteiger partial charge in [0, 0.05) is 10.5 Å². The Hall–Kier alpha value is -2.72. The second kappa shape index (κ2) is 9.28. The van der Waals surface area contributed by atoms with Crippen LogP contribution in [-0.2, 0) is 6.42 Å². The zero-order valence-electron chi connectivity index (χ0n) is 15.4. The fourth-order valence-corrected chi connectivity index (χ4v) is 4.03. The predicted molar refractivity (Wildman–Crippen MR) is 110 cm³/mol. The van der Waals surface area contributed by atoms with Gasteiger partial charge in [-0.05, 0) is 30.2 Å². The lowest BCUT2D eigenvalue weighted by Gasteiger charge is -2.17. The fourth-order valence-electron chi connectivity index (χ4n) is 2.86. The second-order valence-electron chi connectivity index (χ2n) is 6.04. The summed E-state index contributed by atoms with van der Waals surface area (Å²) < 4.78 is 10.7. The van der Waals surface area contributed by atoms with E-state index in [0.29, 0.717) is 17.9 Å². The summed E-state index contributed by atoms with van der Waals surface area (Å²) >= 11 is 1.55. The second-order valence-corrected chi connectivity index (χ2v) is 7.32. The van der Waals surface area contributed by atoms with Crippen molar-refractivity contribution in [3.63, 3.8) is 0 Å². The highest BCUT2D eigenvalue weighted by Gasteiger charge is 2.22. The lowest BCUT2D eigenvalue weighted by molar-refractivity contribution is 0.0989. The molecule has 3 aromatic rings. The average molecular weight is 378 g/mol. The molecule has 0 bridgehead atoms. The fraction of sp³-hybridized carbons (Fsp3) is 0.174.